The first-order valence-electron chi connectivity index (χ1n) is 10.1. The Kier molecular flexibility index (Phi) is 6.67. The molecule has 0 saturated carbocycles. The second-order valence-corrected chi connectivity index (χ2v) is 8.22. The number of rotatable bonds is 8. The molecule has 3 heterocycles. The van der Waals surface area contributed by atoms with Gasteiger partial charge in [-0.25, -0.2) is 4.98 Å². The highest BCUT2D eigenvalue weighted by Crippen LogP contribution is 2.17. The summed E-state index contributed by atoms with van der Waals surface area (Å²) < 4.78 is 0. The third-order valence-electron chi connectivity index (χ3n) is 5.30. The molecule has 0 aliphatic carbocycles. The fourth-order valence-electron chi connectivity index (χ4n) is 3.75. The summed E-state index contributed by atoms with van der Waals surface area (Å²) in [6.45, 7) is 13.2. The normalized spacial score (nSPS) is 17.2. The number of aromatic amines is 1. The van der Waals surface area contributed by atoms with E-state index in [0.717, 1.165) is 55.4 Å². The summed E-state index contributed by atoms with van der Waals surface area (Å²) in [5, 5.41) is 13.5. The van der Waals surface area contributed by atoms with Crippen LogP contribution in [0.3, 0.4) is 0 Å². The number of amides is 1. The molecule has 1 saturated heterocycles. The standard InChI is InChI=1S/C21H32N6O/c1-14(2)12-27-8-7-17(13-27)9-24-21(28)18-5-6-20(22-10-18)23-11-19-15(3)25-26-16(19)4/h5-6,10,14,17H,7-9,11-13H2,1-4H3,(H,22,23)(H,24,28)(H,25,26). The lowest BCUT2D eigenvalue weighted by molar-refractivity contribution is 0.0947. The number of carbonyl (C=O) groups excluding carboxylic acids is 1. The Bertz CT molecular complexity index is 763. The Morgan fingerprint density at radius 1 is 1.36 bits per heavy atom. The third kappa shape index (κ3) is 5.32. The minimum atomic E-state index is -0.0529. The van der Waals surface area contributed by atoms with Crippen molar-refractivity contribution in [2.24, 2.45) is 11.8 Å². The SMILES string of the molecule is Cc1n[nH]c(C)c1CNc1ccc(C(=O)NCC2CCN(CC(C)C)C2)cn1. The molecule has 3 N–H and O–H groups in total. The van der Waals surface area contributed by atoms with Gasteiger partial charge in [0.2, 0.25) is 0 Å². The number of aromatic nitrogens is 3. The molecule has 1 aliphatic heterocycles. The van der Waals surface area contributed by atoms with Crippen LogP contribution in [-0.2, 0) is 6.54 Å². The minimum absolute atomic E-state index is 0.0529. The Balaban J connectivity index is 1.45. The van der Waals surface area contributed by atoms with Crippen molar-refractivity contribution in [3.63, 3.8) is 0 Å². The van der Waals surface area contributed by atoms with E-state index in [-0.39, 0.29) is 5.91 Å². The maximum Gasteiger partial charge on any atom is 0.252 e. The van der Waals surface area contributed by atoms with Crippen LogP contribution in [0.1, 0.15) is 47.6 Å². The van der Waals surface area contributed by atoms with Gasteiger partial charge in [0.05, 0.1) is 11.3 Å². The summed E-state index contributed by atoms with van der Waals surface area (Å²) in [6, 6.07) is 3.67. The lowest BCUT2D eigenvalue weighted by Gasteiger charge is -2.18. The number of pyridine rings is 1. The van der Waals surface area contributed by atoms with Gasteiger partial charge in [-0.3, -0.25) is 9.89 Å². The second kappa shape index (κ2) is 9.19. The summed E-state index contributed by atoms with van der Waals surface area (Å²) in [5.74, 6) is 1.92. The van der Waals surface area contributed by atoms with Crippen molar-refractivity contribution in [1.29, 1.82) is 0 Å². The lowest BCUT2D eigenvalue weighted by atomic mass is 10.1. The number of aryl methyl sites for hydroxylation is 2. The maximum atomic E-state index is 12.4. The third-order valence-corrected chi connectivity index (χ3v) is 5.30. The van der Waals surface area contributed by atoms with Crippen LogP contribution in [0.4, 0.5) is 5.82 Å². The summed E-state index contributed by atoms with van der Waals surface area (Å²) in [6.07, 6.45) is 2.79. The lowest BCUT2D eigenvalue weighted by Crippen LogP contribution is -2.31. The van der Waals surface area contributed by atoms with E-state index in [2.05, 4.69) is 44.6 Å². The Labute approximate surface area is 167 Å². The molecule has 2 aromatic heterocycles. The number of hydrogen-bond acceptors (Lipinski definition) is 5. The Hall–Kier alpha value is -2.41. The Morgan fingerprint density at radius 3 is 2.82 bits per heavy atom. The smallest absolute Gasteiger partial charge is 0.252 e. The molecule has 7 nitrogen and oxygen atoms in total. The topological polar surface area (TPSA) is 85.9 Å². The second-order valence-electron chi connectivity index (χ2n) is 8.22. The van der Waals surface area contributed by atoms with Gasteiger partial charge < -0.3 is 15.5 Å². The van der Waals surface area contributed by atoms with Gasteiger partial charge in [-0.05, 0) is 50.8 Å². The molecule has 0 radical (unpaired) electrons. The molecule has 1 fully saturated rings. The highest BCUT2D eigenvalue weighted by Gasteiger charge is 2.23. The van der Waals surface area contributed by atoms with Crippen molar-refractivity contribution in [3.8, 4) is 0 Å². The summed E-state index contributed by atoms with van der Waals surface area (Å²) in [7, 11) is 0. The molecule has 0 spiro atoms. The molecule has 1 amide bonds. The molecule has 1 unspecified atom stereocenters. The predicted molar refractivity (Wildman–Crippen MR) is 111 cm³/mol. The van der Waals surface area contributed by atoms with Gasteiger partial charge in [0.1, 0.15) is 5.82 Å². The zero-order valence-corrected chi connectivity index (χ0v) is 17.4. The molecule has 0 aromatic carbocycles. The van der Waals surface area contributed by atoms with Crippen molar-refractivity contribution in [2.75, 3.05) is 31.5 Å². The van der Waals surface area contributed by atoms with E-state index < -0.39 is 0 Å². The first kappa shape index (κ1) is 20.3. The van der Waals surface area contributed by atoms with Crippen molar-refractivity contribution in [1.82, 2.24) is 25.4 Å². The quantitative estimate of drug-likeness (QED) is 0.652. The number of carbonyl (C=O) groups is 1. The zero-order valence-electron chi connectivity index (χ0n) is 17.4. The monoisotopic (exact) mass is 384 g/mol. The summed E-state index contributed by atoms with van der Waals surface area (Å²) in [4.78, 5) is 19.3. The van der Waals surface area contributed by atoms with Gasteiger partial charge in [-0.1, -0.05) is 13.8 Å². The maximum absolute atomic E-state index is 12.4. The number of H-pyrrole nitrogens is 1. The van der Waals surface area contributed by atoms with E-state index in [1.54, 1.807) is 6.20 Å². The van der Waals surface area contributed by atoms with Gasteiger partial charge in [0, 0.05) is 43.6 Å². The van der Waals surface area contributed by atoms with Crippen LogP contribution in [0.15, 0.2) is 18.3 Å². The first-order valence-corrected chi connectivity index (χ1v) is 10.1. The van der Waals surface area contributed by atoms with Gasteiger partial charge in [0.25, 0.3) is 5.91 Å². The van der Waals surface area contributed by atoms with Crippen molar-refractivity contribution < 1.29 is 4.79 Å². The van der Waals surface area contributed by atoms with Crippen molar-refractivity contribution in [3.05, 3.63) is 40.8 Å². The van der Waals surface area contributed by atoms with Gasteiger partial charge in [-0.15, -0.1) is 0 Å². The van der Waals surface area contributed by atoms with E-state index in [4.69, 9.17) is 0 Å². The van der Waals surface area contributed by atoms with E-state index in [0.29, 0.717) is 23.9 Å². The summed E-state index contributed by atoms with van der Waals surface area (Å²) >= 11 is 0. The fraction of sp³-hybridized carbons (Fsp3) is 0.571. The van der Waals surface area contributed by atoms with E-state index in [9.17, 15) is 4.79 Å². The fourth-order valence-corrected chi connectivity index (χ4v) is 3.75. The molecule has 1 aliphatic rings. The van der Waals surface area contributed by atoms with Crippen LogP contribution in [0, 0.1) is 25.7 Å². The van der Waals surface area contributed by atoms with E-state index in [1.165, 1.54) is 0 Å². The number of nitrogens with one attached hydrogen (secondary N) is 3. The van der Waals surface area contributed by atoms with Crippen LogP contribution < -0.4 is 10.6 Å². The zero-order chi connectivity index (χ0) is 20.1. The molecule has 7 heteroatoms. The molecular weight excluding hydrogens is 352 g/mol. The summed E-state index contributed by atoms with van der Waals surface area (Å²) in [5.41, 5.74) is 3.78. The van der Waals surface area contributed by atoms with E-state index >= 15 is 0 Å². The van der Waals surface area contributed by atoms with Crippen molar-refractivity contribution >= 4 is 11.7 Å². The van der Waals surface area contributed by atoms with Crippen LogP contribution in [0.25, 0.3) is 0 Å². The van der Waals surface area contributed by atoms with Crippen LogP contribution in [0.2, 0.25) is 0 Å². The van der Waals surface area contributed by atoms with E-state index in [1.807, 2.05) is 26.0 Å². The molecule has 1 atom stereocenters. The largest absolute Gasteiger partial charge is 0.366 e. The van der Waals surface area contributed by atoms with Crippen LogP contribution >= 0.6 is 0 Å². The predicted octanol–water partition coefficient (Wildman–Crippen LogP) is 2.74. The van der Waals surface area contributed by atoms with Crippen molar-refractivity contribution in [2.45, 2.75) is 40.7 Å². The average Bonchev–Trinajstić information content (AvgIpc) is 3.24. The minimum Gasteiger partial charge on any atom is -0.366 e. The van der Waals surface area contributed by atoms with Crippen LogP contribution in [-0.4, -0.2) is 52.2 Å². The number of hydrogen-bond donors (Lipinski definition) is 3. The van der Waals surface area contributed by atoms with Gasteiger partial charge in [0.15, 0.2) is 0 Å². The molecule has 28 heavy (non-hydrogen) atoms. The van der Waals surface area contributed by atoms with Gasteiger partial charge >= 0.3 is 0 Å². The molecule has 2 aromatic rings. The van der Waals surface area contributed by atoms with Gasteiger partial charge in [-0.2, -0.15) is 5.10 Å². The highest BCUT2D eigenvalue weighted by molar-refractivity contribution is 5.94. The average molecular weight is 385 g/mol. The molecule has 0 bridgehead atoms. The molecular formula is C21H32N6O. The Morgan fingerprint density at radius 2 is 2.18 bits per heavy atom. The van der Waals surface area contributed by atoms with Crippen LogP contribution in [0.5, 0.6) is 0 Å². The highest BCUT2D eigenvalue weighted by atomic mass is 16.1. The number of likely N-dealkylation sites (tertiary alicyclic amines) is 1. The molecule has 152 valence electrons. The first-order chi connectivity index (χ1) is 13.4. The number of nitrogens with zero attached hydrogens (tertiary/aromatic N) is 3. The number of anilines is 1. The molecule has 3 rings (SSSR count).